The Bertz CT molecular complexity index is 597. The van der Waals surface area contributed by atoms with E-state index in [0.717, 1.165) is 12.1 Å². The normalized spacial score (nSPS) is 21.9. The van der Waals surface area contributed by atoms with Gasteiger partial charge in [-0.2, -0.15) is 0 Å². The summed E-state index contributed by atoms with van der Waals surface area (Å²) in [5.74, 6) is -0.172. The van der Waals surface area contributed by atoms with Crippen LogP contribution in [0.2, 0.25) is 0 Å². The van der Waals surface area contributed by atoms with E-state index in [9.17, 15) is 4.79 Å². The molecule has 1 aliphatic rings. The Balaban J connectivity index is 1.76. The lowest BCUT2D eigenvalue weighted by molar-refractivity contribution is 0.0862. The summed E-state index contributed by atoms with van der Waals surface area (Å²) in [5, 5.41) is 2.97. The molecule has 0 aliphatic carbocycles. The maximum absolute atomic E-state index is 12.2. The quantitative estimate of drug-likeness (QED) is 0.910. The molecule has 2 aromatic heterocycles. The lowest BCUT2D eigenvalue weighted by Gasteiger charge is -2.15. The second kappa shape index (κ2) is 5.42. The van der Waals surface area contributed by atoms with Gasteiger partial charge in [-0.05, 0) is 25.5 Å². The minimum atomic E-state index is -0.172. The predicted molar refractivity (Wildman–Crippen MR) is 72.6 cm³/mol. The number of ether oxygens (including phenoxy) is 1. The number of imidazole rings is 1. The van der Waals surface area contributed by atoms with Crippen LogP contribution in [0.5, 0.6) is 0 Å². The summed E-state index contributed by atoms with van der Waals surface area (Å²) in [4.78, 5) is 20.3. The van der Waals surface area contributed by atoms with Crippen molar-refractivity contribution < 1.29 is 9.53 Å². The van der Waals surface area contributed by atoms with Crippen LogP contribution in [0.4, 0.5) is 0 Å². The highest BCUT2D eigenvalue weighted by Gasteiger charge is 2.26. The van der Waals surface area contributed by atoms with Crippen LogP contribution in [0.1, 0.15) is 23.8 Å². The van der Waals surface area contributed by atoms with Crippen molar-refractivity contribution >= 4 is 5.91 Å². The first-order chi connectivity index (χ1) is 9.74. The summed E-state index contributed by atoms with van der Waals surface area (Å²) in [6.07, 6.45) is 7.72. The van der Waals surface area contributed by atoms with E-state index in [-0.39, 0.29) is 18.1 Å². The number of pyridine rings is 1. The van der Waals surface area contributed by atoms with Gasteiger partial charge >= 0.3 is 0 Å². The molecule has 20 heavy (non-hydrogen) atoms. The number of carbonyl (C=O) groups is 1. The smallest absolute Gasteiger partial charge is 0.270 e. The molecule has 1 N–H and O–H groups in total. The molecule has 1 saturated heterocycles. The zero-order valence-corrected chi connectivity index (χ0v) is 11.2. The van der Waals surface area contributed by atoms with Crippen molar-refractivity contribution in [3.8, 4) is 5.69 Å². The van der Waals surface area contributed by atoms with E-state index in [1.54, 1.807) is 24.8 Å². The van der Waals surface area contributed by atoms with Gasteiger partial charge in [0.25, 0.3) is 5.91 Å². The fraction of sp³-hybridized carbons (Fsp3) is 0.357. The fourth-order valence-electron chi connectivity index (χ4n) is 2.28. The highest BCUT2D eigenvalue weighted by molar-refractivity contribution is 5.93. The number of carbonyl (C=O) groups excluding carboxylic acids is 1. The zero-order chi connectivity index (χ0) is 13.9. The lowest BCUT2D eigenvalue weighted by Crippen LogP contribution is -2.39. The molecule has 0 aromatic carbocycles. The van der Waals surface area contributed by atoms with Gasteiger partial charge in [-0.15, -0.1) is 0 Å². The average molecular weight is 272 g/mol. The summed E-state index contributed by atoms with van der Waals surface area (Å²) in [5.41, 5.74) is 1.26. The highest BCUT2D eigenvalue weighted by Crippen LogP contribution is 2.14. The van der Waals surface area contributed by atoms with E-state index < -0.39 is 0 Å². The topological polar surface area (TPSA) is 69.0 Å². The molecule has 0 radical (unpaired) electrons. The van der Waals surface area contributed by atoms with E-state index in [1.165, 1.54) is 0 Å². The minimum Gasteiger partial charge on any atom is -0.376 e. The van der Waals surface area contributed by atoms with E-state index in [1.807, 2.05) is 23.8 Å². The van der Waals surface area contributed by atoms with E-state index >= 15 is 0 Å². The number of aromatic nitrogens is 3. The van der Waals surface area contributed by atoms with Gasteiger partial charge in [-0.3, -0.25) is 9.78 Å². The molecule has 2 aromatic rings. The van der Waals surface area contributed by atoms with Crippen LogP contribution in [0.3, 0.4) is 0 Å². The summed E-state index contributed by atoms with van der Waals surface area (Å²) >= 11 is 0. The van der Waals surface area contributed by atoms with Gasteiger partial charge in [0.05, 0.1) is 24.2 Å². The number of hydrogen-bond donors (Lipinski definition) is 1. The Labute approximate surface area is 116 Å². The van der Waals surface area contributed by atoms with E-state index in [4.69, 9.17) is 4.74 Å². The number of nitrogens with one attached hydrogen (secondary N) is 1. The van der Waals surface area contributed by atoms with Crippen LogP contribution in [0, 0.1) is 0 Å². The summed E-state index contributed by atoms with van der Waals surface area (Å²) in [7, 11) is 0. The highest BCUT2D eigenvalue weighted by atomic mass is 16.5. The van der Waals surface area contributed by atoms with Crippen LogP contribution in [-0.2, 0) is 4.74 Å². The van der Waals surface area contributed by atoms with Crippen molar-refractivity contribution in [2.24, 2.45) is 0 Å². The van der Waals surface area contributed by atoms with Crippen LogP contribution in [0.15, 0.2) is 37.1 Å². The van der Waals surface area contributed by atoms with Gasteiger partial charge in [0.2, 0.25) is 0 Å². The van der Waals surface area contributed by atoms with Gasteiger partial charge in [0, 0.05) is 25.2 Å². The maximum atomic E-state index is 12.2. The summed E-state index contributed by atoms with van der Waals surface area (Å²) < 4.78 is 7.27. The Hall–Kier alpha value is -2.21. The largest absolute Gasteiger partial charge is 0.376 e. The van der Waals surface area contributed by atoms with Crippen molar-refractivity contribution in [3.63, 3.8) is 0 Å². The fourth-order valence-corrected chi connectivity index (χ4v) is 2.28. The van der Waals surface area contributed by atoms with Crippen LogP contribution in [-0.4, -0.2) is 39.2 Å². The van der Waals surface area contributed by atoms with Crippen LogP contribution >= 0.6 is 0 Å². The molecule has 0 spiro atoms. The molecular formula is C14H16N4O2. The molecule has 6 nitrogen and oxygen atoms in total. The third-order valence-electron chi connectivity index (χ3n) is 3.47. The molecule has 104 valence electrons. The van der Waals surface area contributed by atoms with Crippen molar-refractivity contribution in [1.82, 2.24) is 19.9 Å². The SMILES string of the molecule is C[C@@H]1OCC[C@@H]1NC(=O)c1cc(-n2ccnc2)ccn1. The van der Waals surface area contributed by atoms with Crippen molar-refractivity contribution in [2.45, 2.75) is 25.5 Å². The maximum Gasteiger partial charge on any atom is 0.270 e. The standard InChI is InChI=1S/C14H16N4O2/c1-10-12(3-7-20-10)17-14(19)13-8-11(2-4-16-13)18-6-5-15-9-18/h2,4-6,8-10,12H,3,7H2,1H3,(H,17,19)/t10-,12-/m0/s1. The number of nitrogens with zero attached hydrogens (tertiary/aromatic N) is 3. The Morgan fingerprint density at radius 3 is 3.10 bits per heavy atom. The van der Waals surface area contributed by atoms with Gasteiger partial charge in [0.1, 0.15) is 5.69 Å². The molecule has 2 atom stereocenters. The Morgan fingerprint density at radius 1 is 1.50 bits per heavy atom. The Kier molecular flexibility index (Phi) is 3.47. The average Bonchev–Trinajstić information content (AvgIpc) is 3.12. The molecule has 1 fully saturated rings. The van der Waals surface area contributed by atoms with Crippen molar-refractivity contribution in [1.29, 1.82) is 0 Å². The first-order valence-corrected chi connectivity index (χ1v) is 6.61. The molecule has 6 heteroatoms. The first-order valence-electron chi connectivity index (χ1n) is 6.61. The molecule has 3 heterocycles. The second-order valence-corrected chi connectivity index (χ2v) is 4.81. The number of amides is 1. The molecule has 1 aliphatic heterocycles. The lowest BCUT2D eigenvalue weighted by atomic mass is 10.1. The zero-order valence-electron chi connectivity index (χ0n) is 11.2. The van der Waals surface area contributed by atoms with Gasteiger partial charge in [-0.25, -0.2) is 4.98 Å². The molecule has 0 saturated carbocycles. The summed E-state index contributed by atoms with van der Waals surface area (Å²) in [6.45, 7) is 2.65. The third-order valence-corrected chi connectivity index (χ3v) is 3.47. The Morgan fingerprint density at radius 2 is 2.40 bits per heavy atom. The van der Waals surface area contributed by atoms with Crippen molar-refractivity contribution in [3.05, 3.63) is 42.7 Å². The van der Waals surface area contributed by atoms with Gasteiger partial charge < -0.3 is 14.6 Å². The van der Waals surface area contributed by atoms with E-state index in [2.05, 4.69) is 15.3 Å². The second-order valence-electron chi connectivity index (χ2n) is 4.81. The van der Waals surface area contributed by atoms with Crippen LogP contribution < -0.4 is 5.32 Å². The van der Waals surface area contributed by atoms with Gasteiger partial charge in [0.15, 0.2) is 0 Å². The minimum absolute atomic E-state index is 0.0516. The summed E-state index contributed by atoms with van der Waals surface area (Å²) in [6, 6.07) is 3.64. The number of rotatable bonds is 3. The van der Waals surface area contributed by atoms with Gasteiger partial charge in [-0.1, -0.05) is 0 Å². The first kappa shape index (κ1) is 12.8. The molecule has 1 amide bonds. The molecule has 3 rings (SSSR count). The van der Waals surface area contributed by atoms with Crippen LogP contribution in [0.25, 0.3) is 5.69 Å². The monoisotopic (exact) mass is 272 g/mol. The predicted octanol–water partition coefficient (Wildman–Crippen LogP) is 1.17. The molecule has 0 bridgehead atoms. The van der Waals surface area contributed by atoms with E-state index in [0.29, 0.717) is 12.3 Å². The molecule has 0 unspecified atom stereocenters. The molecular weight excluding hydrogens is 256 g/mol. The number of hydrogen-bond acceptors (Lipinski definition) is 4. The third kappa shape index (κ3) is 2.55. The van der Waals surface area contributed by atoms with Crippen molar-refractivity contribution in [2.75, 3.05) is 6.61 Å².